The minimum Gasteiger partial charge on any atom is -0.336 e. The molecule has 0 fully saturated rings. The second kappa shape index (κ2) is 5.30. The molecule has 13 heavy (non-hydrogen) atoms. The van der Waals surface area contributed by atoms with Gasteiger partial charge in [-0.2, -0.15) is 0 Å². The van der Waals surface area contributed by atoms with Gasteiger partial charge in [-0.3, -0.25) is 4.79 Å². The smallest absolute Gasteiger partial charge is 0.163 e. The Morgan fingerprint density at radius 2 is 2.08 bits per heavy atom. The maximum Gasteiger partial charge on any atom is 0.163 e. The fourth-order valence-electron chi connectivity index (χ4n) is 0.993. The summed E-state index contributed by atoms with van der Waals surface area (Å²) in [5.41, 5.74) is 0.627. The van der Waals surface area contributed by atoms with E-state index >= 15 is 0 Å². The molecule has 0 saturated carbocycles. The Hall–Kier alpha value is -1.38. The summed E-state index contributed by atoms with van der Waals surface area (Å²) in [6.45, 7) is 8.90. The molecular formula is C10H16N2O. The van der Waals surface area contributed by atoms with E-state index in [-0.39, 0.29) is 5.78 Å². The summed E-state index contributed by atoms with van der Waals surface area (Å²) in [6.07, 6.45) is 1.79. The number of aryl methyl sites for hydroxylation is 1. The Balaban J connectivity index is 0.000000671. The van der Waals surface area contributed by atoms with Crippen LogP contribution >= 0.6 is 0 Å². The van der Waals surface area contributed by atoms with E-state index in [9.17, 15) is 4.79 Å². The maximum atomic E-state index is 10.9. The Kier molecular flexibility index (Phi) is 4.74. The highest BCUT2D eigenvalue weighted by Gasteiger charge is 2.07. The Morgan fingerprint density at radius 3 is 2.38 bits per heavy atom. The van der Waals surface area contributed by atoms with Crippen LogP contribution in [0.5, 0.6) is 0 Å². The van der Waals surface area contributed by atoms with Gasteiger partial charge < -0.3 is 4.57 Å². The van der Waals surface area contributed by atoms with Crippen LogP contribution in [0.2, 0.25) is 0 Å². The van der Waals surface area contributed by atoms with Gasteiger partial charge in [-0.15, -0.1) is 0 Å². The van der Waals surface area contributed by atoms with Gasteiger partial charge in [0.15, 0.2) is 5.78 Å². The number of hydrogen-bond donors (Lipinski definition) is 0. The van der Waals surface area contributed by atoms with Gasteiger partial charge in [-0.05, 0) is 19.7 Å². The van der Waals surface area contributed by atoms with Gasteiger partial charge in [0.25, 0.3) is 0 Å². The quantitative estimate of drug-likeness (QED) is 0.508. The SMILES string of the molecule is C=Nc1c(C(C)=O)ccn1C.CC. The summed E-state index contributed by atoms with van der Waals surface area (Å²) in [7, 11) is 1.83. The molecule has 1 aromatic heterocycles. The van der Waals surface area contributed by atoms with E-state index in [0.717, 1.165) is 0 Å². The molecule has 1 aromatic rings. The van der Waals surface area contributed by atoms with Crippen LogP contribution in [0.25, 0.3) is 0 Å². The lowest BCUT2D eigenvalue weighted by atomic mass is 10.2. The molecule has 3 heteroatoms. The van der Waals surface area contributed by atoms with Crippen molar-refractivity contribution >= 4 is 18.3 Å². The first-order chi connectivity index (χ1) is 6.16. The molecule has 0 aliphatic rings. The first-order valence-electron chi connectivity index (χ1n) is 4.29. The molecule has 0 aliphatic heterocycles. The van der Waals surface area contributed by atoms with E-state index in [4.69, 9.17) is 0 Å². The predicted octanol–water partition coefficient (Wildman–Crippen LogP) is 2.59. The van der Waals surface area contributed by atoms with E-state index in [1.807, 2.05) is 20.9 Å². The van der Waals surface area contributed by atoms with Crippen molar-refractivity contribution in [1.29, 1.82) is 0 Å². The number of rotatable bonds is 2. The van der Waals surface area contributed by atoms with Crippen molar-refractivity contribution < 1.29 is 4.79 Å². The van der Waals surface area contributed by atoms with Crippen molar-refractivity contribution in [3.63, 3.8) is 0 Å². The Bertz CT molecular complexity index is 300. The molecule has 0 atom stereocenters. The lowest BCUT2D eigenvalue weighted by Gasteiger charge is -1.96. The lowest BCUT2D eigenvalue weighted by Crippen LogP contribution is -1.91. The highest BCUT2D eigenvalue weighted by molar-refractivity contribution is 5.98. The minimum atomic E-state index is 0.0213. The summed E-state index contributed by atoms with van der Waals surface area (Å²) in [5, 5.41) is 0. The fraction of sp³-hybridized carbons (Fsp3) is 0.400. The third kappa shape index (κ3) is 2.54. The summed E-state index contributed by atoms with van der Waals surface area (Å²) >= 11 is 0. The molecule has 1 heterocycles. The number of Topliss-reactive ketones (excluding diaryl/α,β-unsaturated/α-hetero) is 1. The zero-order chi connectivity index (χ0) is 10.4. The van der Waals surface area contributed by atoms with Crippen molar-refractivity contribution in [3.8, 4) is 0 Å². The summed E-state index contributed by atoms with van der Waals surface area (Å²) in [4.78, 5) is 14.7. The van der Waals surface area contributed by atoms with Crippen molar-refractivity contribution in [2.45, 2.75) is 20.8 Å². The first kappa shape index (κ1) is 11.6. The van der Waals surface area contributed by atoms with Crippen molar-refractivity contribution in [2.75, 3.05) is 0 Å². The van der Waals surface area contributed by atoms with E-state index in [1.165, 1.54) is 6.92 Å². The van der Waals surface area contributed by atoms with Gasteiger partial charge in [0.05, 0.1) is 5.56 Å². The third-order valence-corrected chi connectivity index (χ3v) is 1.57. The van der Waals surface area contributed by atoms with Crippen LogP contribution in [-0.2, 0) is 7.05 Å². The molecule has 3 nitrogen and oxygen atoms in total. The van der Waals surface area contributed by atoms with Crippen LogP contribution < -0.4 is 0 Å². The number of hydrogen-bond acceptors (Lipinski definition) is 2. The van der Waals surface area contributed by atoms with Gasteiger partial charge in [0, 0.05) is 13.2 Å². The van der Waals surface area contributed by atoms with E-state index in [1.54, 1.807) is 16.8 Å². The molecule has 0 radical (unpaired) electrons. The molecule has 0 saturated heterocycles. The van der Waals surface area contributed by atoms with E-state index in [0.29, 0.717) is 11.4 Å². The van der Waals surface area contributed by atoms with Crippen LogP contribution in [0.1, 0.15) is 31.1 Å². The van der Waals surface area contributed by atoms with Gasteiger partial charge >= 0.3 is 0 Å². The minimum absolute atomic E-state index is 0.0213. The molecule has 1 rings (SSSR count). The average molecular weight is 180 g/mol. The molecule has 0 aromatic carbocycles. The number of aliphatic imine (C=N–C) groups is 1. The van der Waals surface area contributed by atoms with E-state index < -0.39 is 0 Å². The summed E-state index contributed by atoms with van der Waals surface area (Å²) in [5.74, 6) is 0.658. The lowest BCUT2D eigenvalue weighted by molar-refractivity contribution is 0.101. The van der Waals surface area contributed by atoms with Crippen LogP contribution in [0.15, 0.2) is 17.3 Å². The molecule has 0 amide bonds. The molecule has 72 valence electrons. The Morgan fingerprint density at radius 1 is 1.54 bits per heavy atom. The van der Waals surface area contributed by atoms with E-state index in [2.05, 4.69) is 11.7 Å². The average Bonchev–Trinajstić information content (AvgIpc) is 2.50. The largest absolute Gasteiger partial charge is 0.336 e. The molecular weight excluding hydrogens is 164 g/mol. The molecule has 0 N–H and O–H groups in total. The summed E-state index contributed by atoms with van der Waals surface area (Å²) < 4.78 is 1.77. The van der Waals surface area contributed by atoms with Crippen LogP contribution in [0.4, 0.5) is 5.82 Å². The molecule has 0 bridgehead atoms. The van der Waals surface area contributed by atoms with Crippen LogP contribution in [0, 0.1) is 0 Å². The second-order valence-electron chi connectivity index (χ2n) is 2.38. The van der Waals surface area contributed by atoms with Crippen molar-refractivity contribution in [1.82, 2.24) is 4.57 Å². The molecule has 0 spiro atoms. The van der Waals surface area contributed by atoms with Gasteiger partial charge in [0.2, 0.25) is 0 Å². The number of ketones is 1. The topological polar surface area (TPSA) is 34.4 Å². The first-order valence-corrected chi connectivity index (χ1v) is 4.29. The fourth-order valence-corrected chi connectivity index (χ4v) is 0.993. The standard InChI is InChI=1S/C8H10N2O.C2H6/c1-6(11)7-4-5-10(3)8(7)9-2;1-2/h4-5H,2H2,1,3H3;1-2H3. The van der Waals surface area contributed by atoms with Crippen molar-refractivity contribution in [2.24, 2.45) is 12.0 Å². The van der Waals surface area contributed by atoms with Gasteiger partial charge in [-0.1, -0.05) is 13.8 Å². The van der Waals surface area contributed by atoms with Gasteiger partial charge in [-0.25, -0.2) is 4.99 Å². The van der Waals surface area contributed by atoms with Crippen LogP contribution in [-0.4, -0.2) is 17.1 Å². The highest BCUT2D eigenvalue weighted by Crippen LogP contribution is 2.18. The monoisotopic (exact) mass is 180 g/mol. The number of carbonyl (C=O) groups is 1. The second-order valence-corrected chi connectivity index (χ2v) is 2.38. The van der Waals surface area contributed by atoms with Crippen molar-refractivity contribution in [3.05, 3.63) is 17.8 Å². The third-order valence-electron chi connectivity index (χ3n) is 1.57. The molecule has 0 aliphatic carbocycles. The number of nitrogens with zero attached hydrogens (tertiary/aromatic N) is 2. The maximum absolute atomic E-state index is 10.9. The number of aromatic nitrogens is 1. The summed E-state index contributed by atoms with van der Waals surface area (Å²) in [6, 6.07) is 1.74. The predicted molar refractivity (Wildman–Crippen MR) is 56.0 cm³/mol. The Labute approximate surface area is 79.1 Å². The zero-order valence-corrected chi connectivity index (χ0v) is 8.66. The normalized spacial score (nSPS) is 8.62. The van der Waals surface area contributed by atoms with Gasteiger partial charge in [0.1, 0.15) is 5.82 Å². The molecule has 0 unspecified atom stereocenters. The van der Waals surface area contributed by atoms with Crippen LogP contribution in [0.3, 0.4) is 0 Å². The number of carbonyl (C=O) groups excluding carboxylic acids is 1. The zero-order valence-electron chi connectivity index (χ0n) is 8.66. The highest BCUT2D eigenvalue weighted by atomic mass is 16.1.